The molecular weight excluding hydrogens is 395 g/mol. The zero-order valence-corrected chi connectivity index (χ0v) is 15.4. The molecule has 146 valence electrons. The highest BCUT2D eigenvalue weighted by Crippen LogP contribution is 2.26. The molecular formula is C19H15ClF3N3O2. The standard InChI is InChI=1S/C19H15ClF3N3O2/c1-26(11-12-3-2-4-14(20)9-12)18(27)17-10-16(24-25-17)13-5-7-15(8-6-13)28-19(21,22)23/h2-10H,11H2,1H3,(H,24,25). The molecule has 0 unspecified atom stereocenters. The van der Waals surface area contributed by atoms with Gasteiger partial charge in [-0.15, -0.1) is 13.2 Å². The Bertz CT molecular complexity index is 971. The largest absolute Gasteiger partial charge is 0.573 e. The van der Waals surface area contributed by atoms with Crippen LogP contribution in [0.4, 0.5) is 13.2 Å². The lowest BCUT2D eigenvalue weighted by Crippen LogP contribution is -2.26. The molecule has 0 aliphatic carbocycles. The number of carbonyl (C=O) groups excluding carboxylic acids is 1. The van der Waals surface area contributed by atoms with Crippen LogP contribution in [-0.2, 0) is 6.54 Å². The summed E-state index contributed by atoms with van der Waals surface area (Å²) in [5.74, 6) is -0.611. The first-order chi connectivity index (χ1) is 13.2. The minimum Gasteiger partial charge on any atom is -0.406 e. The van der Waals surface area contributed by atoms with E-state index in [0.29, 0.717) is 22.8 Å². The van der Waals surface area contributed by atoms with Crippen LogP contribution in [0.2, 0.25) is 5.02 Å². The summed E-state index contributed by atoms with van der Waals surface area (Å²) in [5.41, 5.74) is 2.11. The summed E-state index contributed by atoms with van der Waals surface area (Å²) in [6.45, 7) is 0.358. The van der Waals surface area contributed by atoms with Gasteiger partial charge in [0.2, 0.25) is 0 Å². The highest BCUT2D eigenvalue weighted by atomic mass is 35.5. The van der Waals surface area contributed by atoms with Gasteiger partial charge in [0.05, 0.1) is 5.69 Å². The lowest BCUT2D eigenvalue weighted by Gasteiger charge is -2.16. The van der Waals surface area contributed by atoms with Crippen LogP contribution in [0.1, 0.15) is 16.1 Å². The Morgan fingerprint density at radius 1 is 1.18 bits per heavy atom. The van der Waals surface area contributed by atoms with E-state index in [1.165, 1.54) is 35.2 Å². The SMILES string of the molecule is CN(Cc1cccc(Cl)c1)C(=O)c1cc(-c2ccc(OC(F)(F)F)cc2)n[nH]1. The van der Waals surface area contributed by atoms with Gasteiger partial charge in [-0.25, -0.2) is 0 Å². The van der Waals surface area contributed by atoms with Gasteiger partial charge in [-0.3, -0.25) is 9.89 Å². The molecule has 0 atom stereocenters. The normalized spacial score (nSPS) is 11.3. The maximum atomic E-state index is 12.6. The second-order valence-electron chi connectivity index (χ2n) is 6.03. The van der Waals surface area contributed by atoms with E-state index >= 15 is 0 Å². The number of H-pyrrole nitrogens is 1. The van der Waals surface area contributed by atoms with E-state index in [-0.39, 0.29) is 17.4 Å². The molecule has 1 N–H and O–H groups in total. The summed E-state index contributed by atoms with van der Waals surface area (Å²) in [6, 6.07) is 14.0. The van der Waals surface area contributed by atoms with Gasteiger partial charge in [0.25, 0.3) is 5.91 Å². The number of amides is 1. The van der Waals surface area contributed by atoms with Gasteiger partial charge >= 0.3 is 6.36 Å². The van der Waals surface area contributed by atoms with Crippen LogP contribution in [-0.4, -0.2) is 34.4 Å². The molecule has 1 aromatic heterocycles. The number of hydrogen-bond donors (Lipinski definition) is 1. The minimum atomic E-state index is -4.75. The Kier molecular flexibility index (Phi) is 5.60. The summed E-state index contributed by atoms with van der Waals surface area (Å²) in [4.78, 5) is 14.1. The molecule has 2 aromatic carbocycles. The third kappa shape index (κ3) is 5.04. The third-order valence-corrected chi connectivity index (χ3v) is 4.08. The molecule has 3 rings (SSSR count). The first-order valence-electron chi connectivity index (χ1n) is 8.13. The fraction of sp³-hybridized carbons (Fsp3) is 0.158. The Morgan fingerprint density at radius 3 is 2.54 bits per heavy atom. The van der Waals surface area contributed by atoms with Crippen LogP contribution in [0, 0.1) is 0 Å². The molecule has 0 aliphatic heterocycles. The van der Waals surface area contributed by atoms with Gasteiger partial charge in [-0.05, 0) is 48.0 Å². The van der Waals surface area contributed by atoms with Crippen LogP contribution >= 0.6 is 11.6 Å². The van der Waals surface area contributed by atoms with Gasteiger partial charge in [-0.2, -0.15) is 5.10 Å². The Morgan fingerprint density at radius 2 is 1.89 bits per heavy atom. The monoisotopic (exact) mass is 409 g/mol. The van der Waals surface area contributed by atoms with Crippen LogP contribution < -0.4 is 4.74 Å². The van der Waals surface area contributed by atoms with Crippen molar-refractivity contribution in [2.45, 2.75) is 12.9 Å². The minimum absolute atomic E-state index is 0.259. The highest BCUT2D eigenvalue weighted by molar-refractivity contribution is 6.30. The van der Waals surface area contributed by atoms with E-state index < -0.39 is 6.36 Å². The first kappa shape index (κ1) is 19.8. The Hall–Kier alpha value is -3.00. The van der Waals surface area contributed by atoms with Crippen molar-refractivity contribution in [1.82, 2.24) is 15.1 Å². The van der Waals surface area contributed by atoms with Crippen LogP contribution in [0.15, 0.2) is 54.6 Å². The van der Waals surface area contributed by atoms with E-state index in [0.717, 1.165) is 5.56 Å². The van der Waals surface area contributed by atoms with Gasteiger partial charge < -0.3 is 9.64 Å². The molecule has 0 saturated carbocycles. The predicted molar refractivity (Wildman–Crippen MR) is 98.0 cm³/mol. The van der Waals surface area contributed by atoms with Crippen molar-refractivity contribution in [3.8, 4) is 17.0 Å². The average molecular weight is 410 g/mol. The fourth-order valence-electron chi connectivity index (χ4n) is 2.59. The quantitative estimate of drug-likeness (QED) is 0.652. The highest BCUT2D eigenvalue weighted by Gasteiger charge is 2.31. The Labute approximate surface area is 163 Å². The molecule has 1 heterocycles. The number of ether oxygens (including phenoxy) is 1. The average Bonchev–Trinajstić information content (AvgIpc) is 3.10. The van der Waals surface area contributed by atoms with Crippen LogP contribution in [0.25, 0.3) is 11.3 Å². The second kappa shape index (κ2) is 7.93. The van der Waals surface area contributed by atoms with E-state index in [1.807, 2.05) is 6.07 Å². The second-order valence-corrected chi connectivity index (χ2v) is 6.47. The predicted octanol–water partition coefficient (Wildman–Crippen LogP) is 4.90. The molecule has 0 bridgehead atoms. The smallest absolute Gasteiger partial charge is 0.406 e. The molecule has 9 heteroatoms. The van der Waals surface area contributed by atoms with E-state index in [9.17, 15) is 18.0 Å². The topological polar surface area (TPSA) is 58.2 Å². The molecule has 0 radical (unpaired) electrons. The van der Waals surface area contributed by atoms with Crippen molar-refractivity contribution in [1.29, 1.82) is 0 Å². The maximum absolute atomic E-state index is 12.6. The summed E-state index contributed by atoms with van der Waals surface area (Å²) in [5, 5.41) is 7.30. The van der Waals surface area contributed by atoms with E-state index in [2.05, 4.69) is 14.9 Å². The lowest BCUT2D eigenvalue weighted by molar-refractivity contribution is -0.274. The molecule has 0 saturated heterocycles. The number of aromatic amines is 1. The number of carbonyl (C=O) groups is 1. The van der Waals surface area contributed by atoms with Crippen molar-refractivity contribution in [3.05, 3.63) is 70.9 Å². The number of rotatable bonds is 5. The summed E-state index contributed by atoms with van der Waals surface area (Å²) in [6.07, 6.45) is -4.75. The zero-order chi connectivity index (χ0) is 20.3. The van der Waals surface area contributed by atoms with Crippen molar-refractivity contribution >= 4 is 17.5 Å². The fourth-order valence-corrected chi connectivity index (χ4v) is 2.81. The number of alkyl halides is 3. The van der Waals surface area contributed by atoms with Crippen molar-refractivity contribution in [2.75, 3.05) is 7.05 Å². The molecule has 5 nitrogen and oxygen atoms in total. The maximum Gasteiger partial charge on any atom is 0.573 e. The number of hydrogen-bond acceptors (Lipinski definition) is 3. The zero-order valence-electron chi connectivity index (χ0n) is 14.6. The summed E-state index contributed by atoms with van der Waals surface area (Å²) in [7, 11) is 1.65. The van der Waals surface area contributed by atoms with Gasteiger partial charge in [0, 0.05) is 24.2 Å². The Balaban J connectivity index is 1.69. The third-order valence-electron chi connectivity index (χ3n) is 3.85. The van der Waals surface area contributed by atoms with Gasteiger partial charge in [0.15, 0.2) is 0 Å². The number of benzene rings is 2. The van der Waals surface area contributed by atoms with E-state index in [1.54, 1.807) is 25.2 Å². The molecule has 28 heavy (non-hydrogen) atoms. The van der Waals surface area contributed by atoms with Crippen molar-refractivity contribution < 1.29 is 22.7 Å². The molecule has 3 aromatic rings. The summed E-state index contributed by atoms with van der Waals surface area (Å²) < 4.78 is 40.5. The van der Waals surface area contributed by atoms with E-state index in [4.69, 9.17) is 11.6 Å². The summed E-state index contributed by atoms with van der Waals surface area (Å²) >= 11 is 5.95. The molecule has 0 fully saturated rings. The number of aromatic nitrogens is 2. The van der Waals surface area contributed by atoms with Gasteiger partial charge in [0.1, 0.15) is 11.4 Å². The van der Waals surface area contributed by atoms with Crippen LogP contribution in [0.5, 0.6) is 5.75 Å². The molecule has 0 aliphatic rings. The molecule has 0 spiro atoms. The van der Waals surface area contributed by atoms with Crippen LogP contribution in [0.3, 0.4) is 0 Å². The lowest BCUT2D eigenvalue weighted by atomic mass is 10.1. The number of halogens is 4. The van der Waals surface area contributed by atoms with Gasteiger partial charge in [-0.1, -0.05) is 23.7 Å². The van der Waals surface area contributed by atoms with Crippen molar-refractivity contribution in [2.24, 2.45) is 0 Å². The first-order valence-corrected chi connectivity index (χ1v) is 8.50. The van der Waals surface area contributed by atoms with Crippen molar-refractivity contribution in [3.63, 3.8) is 0 Å². The number of nitrogens with zero attached hydrogens (tertiary/aromatic N) is 2. The molecule has 1 amide bonds. The number of nitrogens with one attached hydrogen (secondary N) is 1.